The highest BCUT2D eigenvalue weighted by molar-refractivity contribution is 6.32. The molecule has 2 nitrogen and oxygen atoms in total. The Morgan fingerprint density at radius 2 is 2.18 bits per heavy atom. The third-order valence-corrected chi connectivity index (χ3v) is 4.62. The van der Waals surface area contributed by atoms with Crippen LogP contribution in [0.1, 0.15) is 25.7 Å². The van der Waals surface area contributed by atoms with E-state index in [0.29, 0.717) is 22.4 Å². The van der Waals surface area contributed by atoms with E-state index in [0.717, 1.165) is 18.4 Å². The van der Waals surface area contributed by atoms with Crippen LogP contribution in [0.3, 0.4) is 0 Å². The van der Waals surface area contributed by atoms with Crippen LogP contribution in [-0.2, 0) is 0 Å². The Hall–Kier alpha value is -0.890. The van der Waals surface area contributed by atoms with Crippen molar-refractivity contribution in [2.75, 3.05) is 12.3 Å². The van der Waals surface area contributed by atoms with Gasteiger partial charge in [0.15, 0.2) is 5.75 Å². The summed E-state index contributed by atoms with van der Waals surface area (Å²) < 4.78 is 5.85. The number of nitrogen functional groups attached to an aromatic ring is 1. The van der Waals surface area contributed by atoms with Gasteiger partial charge in [0.05, 0.1) is 17.3 Å². The molecule has 17 heavy (non-hydrogen) atoms. The van der Waals surface area contributed by atoms with E-state index in [2.05, 4.69) is 0 Å². The smallest absolute Gasteiger partial charge is 0.160 e. The van der Waals surface area contributed by atoms with Crippen molar-refractivity contribution in [1.82, 2.24) is 0 Å². The zero-order chi connectivity index (χ0) is 11.8. The minimum Gasteiger partial charge on any atom is -0.490 e. The molecule has 1 aromatic rings. The first-order valence-electron chi connectivity index (χ1n) is 6.41. The van der Waals surface area contributed by atoms with Gasteiger partial charge in [0.25, 0.3) is 0 Å². The highest BCUT2D eigenvalue weighted by atomic mass is 35.5. The number of para-hydroxylation sites is 1. The summed E-state index contributed by atoms with van der Waals surface area (Å²) in [6.45, 7) is 0.773. The first-order valence-corrected chi connectivity index (χ1v) is 6.78. The van der Waals surface area contributed by atoms with Crippen LogP contribution in [0.2, 0.25) is 5.02 Å². The monoisotopic (exact) mass is 251 g/mol. The molecule has 0 aliphatic heterocycles. The lowest BCUT2D eigenvalue weighted by molar-refractivity contribution is 0.196. The van der Waals surface area contributed by atoms with E-state index in [1.165, 1.54) is 25.7 Å². The zero-order valence-electron chi connectivity index (χ0n) is 9.86. The van der Waals surface area contributed by atoms with Crippen LogP contribution in [0.15, 0.2) is 18.2 Å². The molecule has 0 amide bonds. The number of nitrogens with two attached hydrogens (primary N) is 1. The van der Waals surface area contributed by atoms with Crippen molar-refractivity contribution in [2.24, 2.45) is 17.8 Å². The van der Waals surface area contributed by atoms with Crippen LogP contribution in [0.4, 0.5) is 5.69 Å². The molecule has 0 saturated heterocycles. The van der Waals surface area contributed by atoms with Gasteiger partial charge < -0.3 is 10.5 Å². The maximum atomic E-state index is 6.09. The normalized spacial score (nSPS) is 30.8. The lowest BCUT2D eigenvalue weighted by atomic mass is 9.89. The zero-order valence-corrected chi connectivity index (χ0v) is 10.6. The number of hydrogen-bond donors (Lipinski definition) is 1. The maximum Gasteiger partial charge on any atom is 0.160 e. The molecule has 0 heterocycles. The van der Waals surface area contributed by atoms with E-state index in [-0.39, 0.29) is 0 Å². The number of benzene rings is 1. The molecule has 0 radical (unpaired) electrons. The van der Waals surface area contributed by atoms with Crippen molar-refractivity contribution in [1.29, 1.82) is 0 Å². The molecule has 0 spiro atoms. The topological polar surface area (TPSA) is 35.2 Å². The summed E-state index contributed by atoms with van der Waals surface area (Å²) in [6, 6.07) is 5.51. The lowest BCUT2D eigenvalue weighted by Crippen LogP contribution is -2.19. The van der Waals surface area contributed by atoms with E-state index < -0.39 is 0 Å². The van der Waals surface area contributed by atoms with E-state index in [4.69, 9.17) is 22.1 Å². The van der Waals surface area contributed by atoms with Crippen LogP contribution in [0.25, 0.3) is 0 Å². The fourth-order valence-corrected chi connectivity index (χ4v) is 3.69. The van der Waals surface area contributed by atoms with E-state index in [1.54, 1.807) is 0 Å². The standard InChI is InChI=1S/C14H18ClNO/c15-12-2-1-3-13(16)14(12)17-8-11-7-9-4-5-10(11)6-9/h1-3,9-11H,4-8,16H2. The lowest BCUT2D eigenvalue weighted by Gasteiger charge is -2.22. The Morgan fingerprint density at radius 3 is 2.82 bits per heavy atom. The number of halogens is 1. The molecule has 2 bridgehead atoms. The van der Waals surface area contributed by atoms with Crippen LogP contribution in [0, 0.1) is 17.8 Å². The quantitative estimate of drug-likeness (QED) is 0.831. The number of fused-ring (bicyclic) bond motifs is 2. The van der Waals surface area contributed by atoms with Gasteiger partial charge in [0.1, 0.15) is 0 Å². The molecule has 3 atom stereocenters. The molecule has 2 aliphatic carbocycles. The van der Waals surface area contributed by atoms with E-state index >= 15 is 0 Å². The molecular formula is C14H18ClNO. The van der Waals surface area contributed by atoms with Gasteiger partial charge in [0, 0.05) is 0 Å². The van der Waals surface area contributed by atoms with Crippen LogP contribution < -0.4 is 10.5 Å². The van der Waals surface area contributed by atoms with Crippen molar-refractivity contribution in [3.63, 3.8) is 0 Å². The summed E-state index contributed by atoms with van der Waals surface area (Å²) in [5.74, 6) is 3.21. The van der Waals surface area contributed by atoms with Crippen molar-refractivity contribution in [2.45, 2.75) is 25.7 Å². The highest BCUT2D eigenvalue weighted by Gasteiger charge is 2.39. The Bertz CT molecular complexity index is 400. The largest absolute Gasteiger partial charge is 0.490 e. The second-order valence-corrected chi connectivity index (χ2v) is 5.81. The van der Waals surface area contributed by atoms with Gasteiger partial charge in [-0.25, -0.2) is 0 Å². The fraction of sp³-hybridized carbons (Fsp3) is 0.571. The van der Waals surface area contributed by atoms with Gasteiger partial charge in [0.2, 0.25) is 0 Å². The Morgan fingerprint density at radius 1 is 1.29 bits per heavy atom. The highest BCUT2D eigenvalue weighted by Crippen LogP contribution is 2.48. The average Bonchev–Trinajstić information content (AvgIpc) is 2.90. The second kappa shape index (κ2) is 4.41. The minimum absolute atomic E-state index is 0.619. The van der Waals surface area contributed by atoms with Crippen LogP contribution in [-0.4, -0.2) is 6.61 Å². The van der Waals surface area contributed by atoms with Gasteiger partial charge in [-0.3, -0.25) is 0 Å². The molecular weight excluding hydrogens is 234 g/mol. The van der Waals surface area contributed by atoms with Gasteiger partial charge in [-0.1, -0.05) is 24.1 Å². The Balaban J connectivity index is 1.64. The SMILES string of the molecule is Nc1cccc(Cl)c1OCC1CC2CCC1C2. The molecule has 92 valence electrons. The first kappa shape index (κ1) is 11.2. The predicted molar refractivity (Wildman–Crippen MR) is 70.3 cm³/mol. The van der Waals surface area contributed by atoms with E-state index in [9.17, 15) is 0 Å². The molecule has 0 aromatic heterocycles. The summed E-state index contributed by atoms with van der Waals surface area (Å²) >= 11 is 6.09. The molecule has 1 aromatic carbocycles. The summed E-state index contributed by atoms with van der Waals surface area (Å²) in [5, 5.41) is 0.619. The van der Waals surface area contributed by atoms with Gasteiger partial charge in [-0.05, 0) is 49.1 Å². The third kappa shape index (κ3) is 2.11. The number of ether oxygens (including phenoxy) is 1. The molecule has 2 saturated carbocycles. The molecule has 3 rings (SSSR count). The summed E-state index contributed by atoms with van der Waals surface area (Å²) in [4.78, 5) is 0. The number of hydrogen-bond acceptors (Lipinski definition) is 2. The van der Waals surface area contributed by atoms with Crippen molar-refractivity contribution >= 4 is 17.3 Å². The van der Waals surface area contributed by atoms with Crippen molar-refractivity contribution in [3.05, 3.63) is 23.2 Å². The first-order chi connectivity index (χ1) is 8.24. The van der Waals surface area contributed by atoms with Crippen molar-refractivity contribution in [3.8, 4) is 5.75 Å². The molecule has 2 N–H and O–H groups in total. The Kier molecular flexibility index (Phi) is 2.91. The maximum absolute atomic E-state index is 6.09. The number of anilines is 1. The van der Waals surface area contributed by atoms with Gasteiger partial charge >= 0.3 is 0 Å². The summed E-state index contributed by atoms with van der Waals surface area (Å²) in [7, 11) is 0. The molecule has 3 heteroatoms. The second-order valence-electron chi connectivity index (χ2n) is 5.40. The van der Waals surface area contributed by atoms with Gasteiger partial charge in [-0.15, -0.1) is 0 Å². The Labute approximate surface area is 107 Å². The minimum atomic E-state index is 0.619. The van der Waals surface area contributed by atoms with Crippen LogP contribution in [0.5, 0.6) is 5.75 Å². The van der Waals surface area contributed by atoms with Gasteiger partial charge in [-0.2, -0.15) is 0 Å². The molecule has 2 fully saturated rings. The molecule has 2 aliphatic rings. The van der Waals surface area contributed by atoms with Crippen LogP contribution >= 0.6 is 11.6 Å². The fourth-order valence-electron chi connectivity index (χ4n) is 3.45. The summed E-state index contributed by atoms with van der Waals surface area (Å²) in [6.07, 6.45) is 5.55. The third-order valence-electron chi connectivity index (χ3n) is 4.32. The summed E-state index contributed by atoms with van der Waals surface area (Å²) in [5.41, 5.74) is 6.51. The number of rotatable bonds is 3. The predicted octanol–water partition coefficient (Wildman–Crippen LogP) is 3.74. The van der Waals surface area contributed by atoms with E-state index in [1.807, 2.05) is 18.2 Å². The van der Waals surface area contributed by atoms with Crippen molar-refractivity contribution < 1.29 is 4.74 Å². The average molecular weight is 252 g/mol. The molecule has 3 unspecified atom stereocenters.